The van der Waals surface area contributed by atoms with E-state index >= 15 is 0 Å². The predicted octanol–water partition coefficient (Wildman–Crippen LogP) is 0.487. The molecule has 1 N–H and O–H groups in total. The summed E-state index contributed by atoms with van der Waals surface area (Å²) in [6.07, 6.45) is 0. The Balaban J connectivity index is 3.25. The summed E-state index contributed by atoms with van der Waals surface area (Å²) >= 11 is 0. The highest BCUT2D eigenvalue weighted by Gasteiger charge is 1.88. The van der Waals surface area contributed by atoms with Crippen molar-refractivity contribution in [1.29, 1.82) is 0 Å². The molecule has 0 saturated carbocycles. The summed E-state index contributed by atoms with van der Waals surface area (Å²) in [6, 6.07) is 8.20. The summed E-state index contributed by atoms with van der Waals surface area (Å²) in [7, 11) is 1.95. The minimum absolute atomic E-state index is 0.923. The van der Waals surface area contributed by atoms with E-state index in [1.54, 1.807) is 0 Å². The van der Waals surface area contributed by atoms with E-state index in [1.165, 1.54) is 10.8 Å². The molecule has 12 heavy (non-hydrogen) atoms. The largest absolute Gasteiger partial charge is 0.316 e. The first-order chi connectivity index (χ1) is 5.75. The van der Waals surface area contributed by atoms with Gasteiger partial charge in [0.15, 0.2) is 0 Å². The van der Waals surface area contributed by atoms with Crippen LogP contribution in [0.3, 0.4) is 0 Å². The van der Waals surface area contributed by atoms with Gasteiger partial charge in [0.1, 0.15) is 0 Å². The van der Waals surface area contributed by atoms with Gasteiger partial charge in [0, 0.05) is 6.54 Å². The zero-order chi connectivity index (χ0) is 8.97. The van der Waals surface area contributed by atoms with E-state index in [1.807, 2.05) is 25.2 Å². The summed E-state index contributed by atoms with van der Waals surface area (Å²) in [6.45, 7) is 7.02. The molecule has 0 radical (unpaired) electrons. The average molecular weight is 161 g/mol. The predicted molar refractivity (Wildman–Crippen MR) is 54.2 cm³/mol. The van der Waals surface area contributed by atoms with Gasteiger partial charge in [0.2, 0.25) is 0 Å². The Labute approximate surface area is 73.4 Å². The molecule has 0 atom stereocenters. The number of benzene rings is 1. The number of hydrogen-bond acceptors (Lipinski definition) is 1. The van der Waals surface area contributed by atoms with Crippen LogP contribution in [0.5, 0.6) is 0 Å². The van der Waals surface area contributed by atoms with E-state index in [2.05, 4.69) is 24.9 Å². The van der Waals surface area contributed by atoms with Crippen molar-refractivity contribution >= 4 is 12.2 Å². The van der Waals surface area contributed by atoms with Gasteiger partial charge in [0.05, 0.1) is 0 Å². The molecule has 0 unspecified atom stereocenters. The van der Waals surface area contributed by atoms with E-state index in [9.17, 15) is 0 Å². The second kappa shape index (κ2) is 4.07. The topological polar surface area (TPSA) is 12.0 Å². The fourth-order valence-corrected chi connectivity index (χ4v) is 1.30. The van der Waals surface area contributed by atoms with Crippen LogP contribution in [0.1, 0.15) is 6.92 Å². The SMILES string of the molecule is C=c1cccc/c1=C(/C)CNC. The Bertz CT molecular complexity index is 352. The first kappa shape index (κ1) is 9.01. The van der Waals surface area contributed by atoms with Crippen molar-refractivity contribution in [3.05, 3.63) is 34.7 Å². The average Bonchev–Trinajstić information content (AvgIpc) is 2.05. The lowest BCUT2D eigenvalue weighted by molar-refractivity contribution is 0.922. The van der Waals surface area contributed by atoms with Crippen LogP contribution in [0.15, 0.2) is 24.3 Å². The van der Waals surface area contributed by atoms with Crippen molar-refractivity contribution in [2.75, 3.05) is 13.6 Å². The van der Waals surface area contributed by atoms with Gasteiger partial charge in [-0.1, -0.05) is 36.4 Å². The van der Waals surface area contributed by atoms with Gasteiger partial charge < -0.3 is 5.32 Å². The fourth-order valence-electron chi connectivity index (χ4n) is 1.30. The van der Waals surface area contributed by atoms with Crippen LogP contribution in [0.2, 0.25) is 0 Å². The first-order valence-corrected chi connectivity index (χ1v) is 4.14. The third-order valence-electron chi connectivity index (χ3n) is 1.92. The molecule has 1 heteroatoms. The van der Waals surface area contributed by atoms with E-state index in [4.69, 9.17) is 0 Å². The van der Waals surface area contributed by atoms with Gasteiger partial charge in [-0.15, -0.1) is 0 Å². The molecule has 0 spiro atoms. The highest BCUT2D eigenvalue weighted by molar-refractivity contribution is 5.44. The molecule has 64 valence electrons. The monoisotopic (exact) mass is 161 g/mol. The van der Waals surface area contributed by atoms with Crippen LogP contribution in [-0.4, -0.2) is 13.6 Å². The third-order valence-corrected chi connectivity index (χ3v) is 1.92. The Morgan fingerprint density at radius 1 is 1.42 bits per heavy atom. The van der Waals surface area contributed by atoms with E-state index < -0.39 is 0 Å². The van der Waals surface area contributed by atoms with Crippen molar-refractivity contribution in [3.8, 4) is 0 Å². The lowest BCUT2D eigenvalue weighted by Gasteiger charge is -1.99. The lowest BCUT2D eigenvalue weighted by atomic mass is 10.1. The second-order valence-corrected chi connectivity index (χ2v) is 2.97. The second-order valence-electron chi connectivity index (χ2n) is 2.97. The Hall–Kier alpha value is -1.08. The minimum Gasteiger partial charge on any atom is -0.316 e. The van der Waals surface area contributed by atoms with Gasteiger partial charge >= 0.3 is 0 Å². The van der Waals surface area contributed by atoms with Gasteiger partial charge in [-0.2, -0.15) is 0 Å². The van der Waals surface area contributed by atoms with Crippen molar-refractivity contribution < 1.29 is 0 Å². The van der Waals surface area contributed by atoms with Crippen LogP contribution in [0, 0.1) is 0 Å². The summed E-state index contributed by atoms with van der Waals surface area (Å²) in [5.41, 5.74) is 1.34. The van der Waals surface area contributed by atoms with E-state index in [0.717, 1.165) is 11.8 Å². The zero-order valence-electron chi connectivity index (χ0n) is 7.72. The molecule has 0 heterocycles. The lowest BCUT2D eigenvalue weighted by Crippen LogP contribution is -2.27. The molecule has 1 rings (SSSR count). The standard InChI is InChI=1S/C11H15N/c1-9-6-4-5-7-11(9)10(2)8-12-3/h4-7,12H,1,8H2,2-3H3/b11-10+. The smallest absolute Gasteiger partial charge is 0.0168 e. The molecule has 0 fully saturated rings. The summed E-state index contributed by atoms with van der Waals surface area (Å²) < 4.78 is 0. The van der Waals surface area contributed by atoms with Gasteiger partial charge in [-0.25, -0.2) is 0 Å². The first-order valence-electron chi connectivity index (χ1n) is 4.14. The molecule has 1 aromatic rings. The number of hydrogen-bond donors (Lipinski definition) is 1. The molecular formula is C11H15N. The maximum Gasteiger partial charge on any atom is 0.0168 e. The van der Waals surface area contributed by atoms with Crippen LogP contribution >= 0.6 is 0 Å². The van der Waals surface area contributed by atoms with Crippen molar-refractivity contribution in [2.45, 2.75) is 6.92 Å². The van der Waals surface area contributed by atoms with Crippen molar-refractivity contribution in [2.24, 2.45) is 0 Å². The van der Waals surface area contributed by atoms with Gasteiger partial charge in [-0.3, -0.25) is 0 Å². The zero-order valence-corrected chi connectivity index (χ0v) is 7.72. The Morgan fingerprint density at radius 2 is 2.08 bits per heavy atom. The van der Waals surface area contributed by atoms with Gasteiger partial charge in [0.25, 0.3) is 0 Å². The minimum atomic E-state index is 0.923. The van der Waals surface area contributed by atoms with Crippen LogP contribution in [-0.2, 0) is 0 Å². The fraction of sp³-hybridized carbons (Fsp3) is 0.273. The van der Waals surface area contributed by atoms with Crippen molar-refractivity contribution in [3.63, 3.8) is 0 Å². The van der Waals surface area contributed by atoms with Crippen LogP contribution < -0.4 is 15.8 Å². The summed E-state index contributed by atoms with van der Waals surface area (Å²) in [5, 5.41) is 5.49. The quantitative estimate of drug-likeness (QED) is 0.665. The van der Waals surface area contributed by atoms with Crippen LogP contribution in [0.25, 0.3) is 12.2 Å². The highest BCUT2D eigenvalue weighted by atomic mass is 14.8. The normalized spacial score (nSPS) is 12.8. The van der Waals surface area contributed by atoms with Gasteiger partial charge in [-0.05, 0) is 24.4 Å². The molecule has 0 aliphatic heterocycles. The maximum atomic E-state index is 3.98. The molecule has 0 saturated heterocycles. The van der Waals surface area contributed by atoms with Crippen LogP contribution in [0.4, 0.5) is 0 Å². The summed E-state index contributed by atoms with van der Waals surface area (Å²) in [4.78, 5) is 0. The molecule has 0 aliphatic carbocycles. The molecule has 0 aromatic heterocycles. The van der Waals surface area contributed by atoms with Crippen molar-refractivity contribution in [1.82, 2.24) is 5.32 Å². The molecule has 1 nitrogen and oxygen atoms in total. The number of rotatable bonds is 2. The summed E-state index contributed by atoms with van der Waals surface area (Å²) in [5.74, 6) is 0. The molecular weight excluding hydrogens is 146 g/mol. The molecule has 1 aromatic carbocycles. The van der Waals surface area contributed by atoms with E-state index in [-0.39, 0.29) is 0 Å². The molecule has 0 bridgehead atoms. The maximum absolute atomic E-state index is 3.98. The number of nitrogens with one attached hydrogen (secondary N) is 1. The van der Waals surface area contributed by atoms with E-state index in [0.29, 0.717) is 0 Å². The highest BCUT2D eigenvalue weighted by Crippen LogP contribution is 1.84. The Kier molecular flexibility index (Phi) is 3.06. The third kappa shape index (κ3) is 1.95. The molecule has 0 amide bonds. The Morgan fingerprint density at radius 3 is 2.67 bits per heavy atom. The molecule has 0 aliphatic rings.